The average Bonchev–Trinajstić information content (AvgIpc) is 3.75. The van der Waals surface area contributed by atoms with Crippen LogP contribution in [-0.4, -0.2) is 14.5 Å². The SMILES string of the molecule is c1ccc(-c2nc(-c3ccc4ccccc4c3)cc(-c3cc(-n4c5ccccc5c5cc6ccccc6cc54)cc4oc5ccccc5c34)n2)cc1. The number of furan rings is 1. The Hall–Kier alpha value is -7.04. The predicted octanol–water partition coefficient (Wildman–Crippen LogP) is 12.8. The van der Waals surface area contributed by atoms with E-state index in [0.717, 1.165) is 66.7 Å². The lowest BCUT2D eigenvalue weighted by molar-refractivity contribution is 0.668. The number of hydrogen-bond acceptors (Lipinski definition) is 3. The molecule has 0 aliphatic rings. The van der Waals surface area contributed by atoms with E-state index in [4.69, 9.17) is 14.4 Å². The molecule has 3 heterocycles. The second-order valence-corrected chi connectivity index (χ2v) is 13.4. The van der Waals surface area contributed by atoms with Crippen LogP contribution < -0.4 is 0 Å². The number of para-hydroxylation sites is 2. The number of hydrogen-bond donors (Lipinski definition) is 0. The monoisotopic (exact) mass is 663 g/mol. The zero-order valence-corrected chi connectivity index (χ0v) is 28.0. The van der Waals surface area contributed by atoms with Gasteiger partial charge in [0.2, 0.25) is 0 Å². The van der Waals surface area contributed by atoms with Crippen molar-refractivity contribution in [3.63, 3.8) is 0 Å². The third kappa shape index (κ3) is 4.48. The van der Waals surface area contributed by atoms with E-state index in [9.17, 15) is 0 Å². The van der Waals surface area contributed by atoms with Crippen molar-refractivity contribution in [2.24, 2.45) is 0 Å². The second-order valence-electron chi connectivity index (χ2n) is 13.4. The fourth-order valence-corrected chi connectivity index (χ4v) is 7.90. The lowest BCUT2D eigenvalue weighted by atomic mass is 9.99. The van der Waals surface area contributed by atoms with E-state index >= 15 is 0 Å². The fraction of sp³-hybridized carbons (Fsp3) is 0. The van der Waals surface area contributed by atoms with E-state index in [0.29, 0.717) is 5.82 Å². The molecule has 4 heteroatoms. The van der Waals surface area contributed by atoms with Gasteiger partial charge in [0, 0.05) is 44.3 Å². The van der Waals surface area contributed by atoms with Crippen LogP contribution in [0.15, 0.2) is 180 Å². The Bertz CT molecular complexity index is 3190. The zero-order chi connectivity index (χ0) is 34.2. The molecule has 0 saturated carbocycles. The maximum absolute atomic E-state index is 6.67. The van der Waals surface area contributed by atoms with Crippen LogP contribution in [0, 0.1) is 0 Å². The molecule has 0 N–H and O–H groups in total. The van der Waals surface area contributed by atoms with Crippen LogP contribution in [0.3, 0.4) is 0 Å². The van der Waals surface area contributed by atoms with E-state index in [-0.39, 0.29) is 0 Å². The highest BCUT2D eigenvalue weighted by Crippen LogP contribution is 2.42. The van der Waals surface area contributed by atoms with Crippen LogP contribution in [0.2, 0.25) is 0 Å². The van der Waals surface area contributed by atoms with Gasteiger partial charge in [0.25, 0.3) is 0 Å². The van der Waals surface area contributed by atoms with Crippen molar-refractivity contribution in [2.75, 3.05) is 0 Å². The minimum atomic E-state index is 0.677. The summed E-state index contributed by atoms with van der Waals surface area (Å²) in [6.45, 7) is 0. The Morgan fingerprint density at radius 1 is 0.404 bits per heavy atom. The van der Waals surface area contributed by atoms with Gasteiger partial charge in [-0.15, -0.1) is 0 Å². The quantitative estimate of drug-likeness (QED) is 0.188. The number of aromatic nitrogens is 3. The molecule has 0 saturated heterocycles. The highest BCUT2D eigenvalue weighted by atomic mass is 16.3. The Kier molecular flexibility index (Phi) is 6.22. The molecule has 52 heavy (non-hydrogen) atoms. The maximum Gasteiger partial charge on any atom is 0.160 e. The van der Waals surface area contributed by atoms with E-state index in [1.54, 1.807) is 0 Å². The van der Waals surface area contributed by atoms with Gasteiger partial charge in [-0.1, -0.05) is 127 Å². The second kappa shape index (κ2) is 11.2. The lowest BCUT2D eigenvalue weighted by Crippen LogP contribution is -1.98. The predicted molar refractivity (Wildman–Crippen MR) is 215 cm³/mol. The van der Waals surface area contributed by atoms with Crippen molar-refractivity contribution in [2.45, 2.75) is 0 Å². The van der Waals surface area contributed by atoms with Crippen molar-refractivity contribution >= 4 is 65.3 Å². The molecule has 0 bridgehead atoms. The number of fused-ring (bicyclic) bond motifs is 8. The van der Waals surface area contributed by atoms with Crippen LogP contribution in [0.5, 0.6) is 0 Å². The van der Waals surface area contributed by atoms with Crippen LogP contribution in [0.4, 0.5) is 0 Å². The van der Waals surface area contributed by atoms with Gasteiger partial charge in [0.1, 0.15) is 11.2 Å². The highest BCUT2D eigenvalue weighted by molar-refractivity contribution is 6.16. The third-order valence-electron chi connectivity index (χ3n) is 10.3. The third-order valence-corrected chi connectivity index (χ3v) is 10.3. The summed E-state index contributed by atoms with van der Waals surface area (Å²) in [5.74, 6) is 0.677. The molecule has 0 aliphatic heterocycles. The smallest absolute Gasteiger partial charge is 0.160 e. The van der Waals surface area contributed by atoms with E-state index < -0.39 is 0 Å². The molecule has 0 aliphatic carbocycles. The first kappa shape index (κ1) is 28.8. The van der Waals surface area contributed by atoms with Gasteiger partial charge >= 0.3 is 0 Å². The van der Waals surface area contributed by atoms with Crippen LogP contribution in [-0.2, 0) is 0 Å². The first-order valence-electron chi connectivity index (χ1n) is 17.6. The van der Waals surface area contributed by atoms with E-state index in [2.05, 4.69) is 150 Å². The molecule has 11 aromatic rings. The molecule has 0 unspecified atom stereocenters. The minimum Gasteiger partial charge on any atom is -0.456 e. The maximum atomic E-state index is 6.67. The van der Waals surface area contributed by atoms with Crippen molar-refractivity contribution in [3.8, 4) is 39.6 Å². The average molecular weight is 664 g/mol. The molecule has 8 aromatic carbocycles. The Balaban J connectivity index is 1.24. The molecule has 3 aromatic heterocycles. The summed E-state index contributed by atoms with van der Waals surface area (Å²) in [4.78, 5) is 10.5. The first-order chi connectivity index (χ1) is 25.7. The zero-order valence-electron chi connectivity index (χ0n) is 28.0. The van der Waals surface area contributed by atoms with E-state index in [1.807, 2.05) is 30.3 Å². The molecule has 0 amide bonds. The van der Waals surface area contributed by atoms with Gasteiger partial charge in [-0.25, -0.2) is 9.97 Å². The number of rotatable bonds is 4. The molecule has 242 valence electrons. The Morgan fingerprint density at radius 2 is 1.08 bits per heavy atom. The Morgan fingerprint density at radius 3 is 1.92 bits per heavy atom. The van der Waals surface area contributed by atoms with E-state index in [1.165, 1.54) is 32.3 Å². The molecule has 0 radical (unpaired) electrons. The van der Waals surface area contributed by atoms with Gasteiger partial charge in [-0.05, 0) is 64.0 Å². The summed E-state index contributed by atoms with van der Waals surface area (Å²) in [6.07, 6.45) is 0. The van der Waals surface area contributed by atoms with Gasteiger partial charge < -0.3 is 8.98 Å². The van der Waals surface area contributed by atoms with Crippen molar-refractivity contribution in [1.82, 2.24) is 14.5 Å². The van der Waals surface area contributed by atoms with Gasteiger partial charge in [0.05, 0.1) is 28.1 Å². The van der Waals surface area contributed by atoms with Crippen LogP contribution >= 0.6 is 0 Å². The summed E-state index contributed by atoms with van der Waals surface area (Å²) < 4.78 is 9.04. The number of nitrogens with zero attached hydrogens (tertiary/aromatic N) is 3. The van der Waals surface area contributed by atoms with Crippen molar-refractivity contribution < 1.29 is 4.42 Å². The minimum absolute atomic E-state index is 0.677. The first-order valence-corrected chi connectivity index (χ1v) is 17.6. The largest absolute Gasteiger partial charge is 0.456 e. The Labute approximate surface area is 298 Å². The van der Waals surface area contributed by atoms with Crippen molar-refractivity contribution in [3.05, 3.63) is 176 Å². The van der Waals surface area contributed by atoms with Crippen LogP contribution in [0.25, 0.3) is 105 Å². The summed E-state index contributed by atoms with van der Waals surface area (Å²) in [6, 6.07) is 62.0. The number of benzene rings is 8. The van der Waals surface area contributed by atoms with Gasteiger partial charge in [-0.2, -0.15) is 0 Å². The summed E-state index contributed by atoms with van der Waals surface area (Å²) in [5, 5.41) is 9.31. The topological polar surface area (TPSA) is 43.9 Å². The molecule has 0 spiro atoms. The summed E-state index contributed by atoms with van der Waals surface area (Å²) >= 11 is 0. The molecule has 0 fully saturated rings. The molecule has 4 nitrogen and oxygen atoms in total. The fourth-order valence-electron chi connectivity index (χ4n) is 7.90. The molecular weight excluding hydrogens is 635 g/mol. The summed E-state index contributed by atoms with van der Waals surface area (Å²) in [5.41, 5.74) is 9.64. The lowest BCUT2D eigenvalue weighted by Gasteiger charge is -2.14. The normalized spacial score (nSPS) is 11.8. The van der Waals surface area contributed by atoms with Crippen LogP contribution in [0.1, 0.15) is 0 Å². The molecular formula is C48H29N3O. The standard InChI is InChI=1S/C48H29N3O/c1-2-13-31(14-3-1)48-49-41(35-23-22-30-12-4-5-15-32(30)24-35)29-42(50-48)40-27-36(28-46-47(40)38-19-9-11-21-45(38)52-46)51-43-20-10-8-18-37(43)39-25-33-16-6-7-17-34(33)26-44(39)51/h1-29H. The molecule has 0 atom stereocenters. The molecule has 11 rings (SSSR count). The van der Waals surface area contributed by atoms with Gasteiger partial charge in [0.15, 0.2) is 5.82 Å². The van der Waals surface area contributed by atoms with Crippen molar-refractivity contribution in [1.29, 1.82) is 0 Å². The van der Waals surface area contributed by atoms with Gasteiger partial charge in [-0.3, -0.25) is 0 Å². The highest BCUT2D eigenvalue weighted by Gasteiger charge is 2.21. The summed E-state index contributed by atoms with van der Waals surface area (Å²) in [7, 11) is 0.